The average molecular weight is 306 g/mol. The number of carboxylic acids is 1. The Morgan fingerprint density at radius 3 is 1.77 bits per heavy atom. The lowest BCUT2D eigenvalue weighted by Crippen LogP contribution is -1.85. The molecule has 0 aliphatic rings. The average Bonchev–Trinajstić information content (AvgIpc) is 2.50. The van der Waals surface area contributed by atoms with E-state index in [9.17, 15) is 4.79 Å². The smallest absolute Gasteiger partial charge is 0.327 e. The Balaban J connectivity index is 3.14. The van der Waals surface area contributed by atoms with E-state index in [1.165, 1.54) is 57.4 Å². The monoisotopic (exact) mass is 306 g/mol. The molecule has 126 valence electrons. The number of allylic oxidation sites excluding steroid dienone is 5. The van der Waals surface area contributed by atoms with Gasteiger partial charge in [0.2, 0.25) is 0 Å². The first-order valence-corrected chi connectivity index (χ1v) is 8.96. The maximum atomic E-state index is 10.3. The molecule has 0 rings (SSSR count). The molecule has 2 heteroatoms. The molecule has 0 aromatic carbocycles. The van der Waals surface area contributed by atoms with Crippen LogP contribution < -0.4 is 0 Å². The highest BCUT2D eigenvalue weighted by Crippen LogP contribution is 2.11. The van der Waals surface area contributed by atoms with E-state index in [1.807, 2.05) is 0 Å². The zero-order valence-electron chi connectivity index (χ0n) is 14.3. The Labute approximate surface area is 137 Å². The number of rotatable bonds is 15. The second-order valence-corrected chi connectivity index (χ2v) is 5.73. The quantitative estimate of drug-likeness (QED) is 0.215. The van der Waals surface area contributed by atoms with E-state index >= 15 is 0 Å². The van der Waals surface area contributed by atoms with Gasteiger partial charge in [0.1, 0.15) is 0 Å². The predicted octanol–water partition coefficient (Wildman–Crippen LogP) is 6.44. The summed E-state index contributed by atoms with van der Waals surface area (Å²) in [6.45, 7) is 2.16. The number of aliphatic carboxylic acids is 1. The zero-order chi connectivity index (χ0) is 16.3. The first-order chi connectivity index (χ1) is 10.8. The van der Waals surface area contributed by atoms with Crippen molar-refractivity contribution < 1.29 is 9.90 Å². The summed E-state index contributed by atoms with van der Waals surface area (Å²) in [6.07, 6.45) is 26.6. The van der Waals surface area contributed by atoms with Crippen molar-refractivity contribution in [2.75, 3.05) is 0 Å². The largest absolute Gasteiger partial charge is 0.478 e. The number of unbranched alkanes of at least 4 members (excludes halogenated alkanes) is 9. The number of carboxylic acid groups (broad SMARTS) is 1. The van der Waals surface area contributed by atoms with Crippen LogP contribution in [0.3, 0.4) is 0 Å². The van der Waals surface area contributed by atoms with Gasteiger partial charge in [-0.15, -0.1) is 0 Å². The summed E-state index contributed by atoms with van der Waals surface area (Å²) in [5.74, 6) is -0.840. The summed E-state index contributed by atoms with van der Waals surface area (Å²) in [6, 6.07) is 0. The third kappa shape index (κ3) is 18.7. The first kappa shape index (κ1) is 20.7. The molecule has 0 saturated heterocycles. The Morgan fingerprint density at radius 1 is 0.727 bits per heavy atom. The molecule has 0 unspecified atom stereocenters. The number of hydrogen-bond donors (Lipinski definition) is 1. The van der Waals surface area contributed by atoms with Crippen LogP contribution >= 0.6 is 0 Å². The second kappa shape index (κ2) is 17.7. The number of carbonyl (C=O) groups is 1. The standard InChI is InChI=1S/C20H34O2/c1-2-3-4-5-6-7-8-9-10-11-12-13-14-15-16-17-18-19-20(21)22/h3-4,6-7,18-19H,2,5,8-17H2,1H3,(H,21,22)/b4-3+,7-6+,19-18+. The molecule has 0 aromatic heterocycles. The summed E-state index contributed by atoms with van der Waals surface area (Å²) >= 11 is 0. The van der Waals surface area contributed by atoms with Crippen LogP contribution in [0.5, 0.6) is 0 Å². The van der Waals surface area contributed by atoms with Crippen molar-refractivity contribution in [2.45, 2.75) is 84.0 Å². The van der Waals surface area contributed by atoms with Gasteiger partial charge in [0.25, 0.3) is 0 Å². The van der Waals surface area contributed by atoms with Crippen molar-refractivity contribution in [3.63, 3.8) is 0 Å². The molecule has 0 atom stereocenters. The highest BCUT2D eigenvalue weighted by Gasteiger charge is 1.92. The van der Waals surface area contributed by atoms with Crippen LogP contribution in [0, 0.1) is 0 Å². The van der Waals surface area contributed by atoms with Crippen molar-refractivity contribution >= 4 is 5.97 Å². The van der Waals surface area contributed by atoms with E-state index in [2.05, 4.69) is 31.2 Å². The second-order valence-electron chi connectivity index (χ2n) is 5.73. The third-order valence-electron chi connectivity index (χ3n) is 3.59. The maximum Gasteiger partial charge on any atom is 0.327 e. The van der Waals surface area contributed by atoms with Crippen LogP contribution in [-0.2, 0) is 4.79 Å². The molecule has 0 aromatic rings. The molecule has 0 spiro atoms. The minimum atomic E-state index is -0.840. The van der Waals surface area contributed by atoms with Crippen LogP contribution in [0.1, 0.15) is 84.0 Å². The van der Waals surface area contributed by atoms with Gasteiger partial charge in [-0.05, 0) is 38.5 Å². The topological polar surface area (TPSA) is 37.3 Å². The first-order valence-electron chi connectivity index (χ1n) is 8.96. The molecule has 22 heavy (non-hydrogen) atoms. The van der Waals surface area contributed by atoms with Crippen molar-refractivity contribution in [1.29, 1.82) is 0 Å². The highest BCUT2D eigenvalue weighted by atomic mass is 16.4. The molecule has 0 saturated carbocycles. The molecule has 0 radical (unpaired) electrons. The molecule has 0 aliphatic carbocycles. The Bertz CT molecular complexity index is 327. The van der Waals surface area contributed by atoms with Crippen molar-refractivity contribution in [2.24, 2.45) is 0 Å². The van der Waals surface area contributed by atoms with E-state index in [0.29, 0.717) is 0 Å². The molecular formula is C20H34O2. The molecular weight excluding hydrogens is 272 g/mol. The van der Waals surface area contributed by atoms with Gasteiger partial charge in [0.05, 0.1) is 0 Å². The van der Waals surface area contributed by atoms with Crippen LogP contribution in [0.15, 0.2) is 36.5 Å². The normalized spacial score (nSPS) is 12.0. The Hall–Kier alpha value is -1.31. The van der Waals surface area contributed by atoms with Gasteiger partial charge in [-0.25, -0.2) is 4.79 Å². The van der Waals surface area contributed by atoms with Crippen molar-refractivity contribution in [3.8, 4) is 0 Å². The van der Waals surface area contributed by atoms with E-state index < -0.39 is 5.97 Å². The third-order valence-corrected chi connectivity index (χ3v) is 3.59. The summed E-state index contributed by atoms with van der Waals surface area (Å²) < 4.78 is 0. The minimum absolute atomic E-state index is 0.840. The summed E-state index contributed by atoms with van der Waals surface area (Å²) in [5, 5.41) is 8.45. The van der Waals surface area contributed by atoms with Crippen molar-refractivity contribution in [1.82, 2.24) is 0 Å². The van der Waals surface area contributed by atoms with Gasteiger partial charge in [0, 0.05) is 6.08 Å². The molecule has 0 fully saturated rings. The molecule has 2 nitrogen and oxygen atoms in total. The van der Waals surface area contributed by atoms with E-state index in [1.54, 1.807) is 6.08 Å². The fourth-order valence-electron chi connectivity index (χ4n) is 2.32. The zero-order valence-corrected chi connectivity index (χ0v) is 14.3. The van der Waals surface area contributed by atoms with E-state index in [-0.39, 0.29) is 0 Å². The summed E-state index contributed by atoms with van der Waals surface area (Å²) in [4.78, 5) is 10.3. The Morgan fingerprint density at radius 2 is 1.23 bits per heavy atom. The lowest BCUT2D eigenvalue weighted by molar-refractivity contribution is -0.131. The van der Waals surface area contributed by atoms with Gasteiger partial charge in [-0.3, -0.25) is 0 Å². The van der Waals surface area contributed by atoms with Gasteiger partial charge in [-0.1, -0.05) is 75.8 Å². The van der Waals surface area contributed by atoms with Crippen molar-refractivity contribution in [3.05, 3.63) is 36.5 Å². The van der Waals surface area contributed by atoms with Crippen LogP contribution in [-0.4, -0.2) is 11.1 Å². The Kier molecular flexibility index (Phi) is 16.7. The minimum Gasteiger partial charge on any atom is -0.478 e. The SMILES string of the molecule is CC/C=C/C/C=C/CCCCCCCCCC/C=C/C(=O)O. The van der Waals surface area contributed by atoms with Crippen LogP contribution in [0.25, 0.3) is 0 Å². The van der Waals surface area contributed by atoms with Crippen LogP contribution in [0.4, 0.5) is 0 Å². The molecule has 0 aliphatic heterocycles. The van der Waals surface area contributed by atoms with Gasteiger partial charge in [-0.2, -0.15) is 0 Å². The summed E-state index contributed by atoms with van der Waals surface area (Å²) in [5.41, 5.74) is 0. The predicted molar refractivity (Wildman–Crippen MR) is 96.1 cm³/mol. The van der Waals surface area contributed by atoms with E-state index in [0.717, 1.165) is 25.7 Å². The highest BCUT2D eigenvalue weighted by molar-refractivity contribution is 5.79. The lowest BCUT2D eigenvalue weighted by atomic mass is 10.1. The molecule has 0 bridgehead atoms. The number of hydrogen-bond acceptors (Lipinski definition) is 1. The fraction of sp³-hybridized carbons (Fsp3) is 0.650. The summed E-state index contributed by atoms with van der Waals surface area (Å²) in [7, 11) is 0. The maximum absolute atomic E-state index is 10.3. The molecule has 0 heterocycles. The fourth-order valence-corrected chi connectivity index (χ4v) is 2.32. The van der Waals surface area contributed by atoms with Gasteiger partial charge in [0.15, 0.2) is 0 Å². The van der Waals surface area contributed by atoms with Crippen LogP contribution in [0.2, 0.25) is 0 Å². The molecule has 1 N–H and O–H groups in total. The van der Waals surface area contributed by atoms with Gasteiger partial charge >= 0.3 is 5.97 Å². The van der Waals surface area contributed by atoms with Gasteiger partial charge < -0.3 is 5.11 Å². The lowest BCUT2D eigenvalue weighted by Gasteiger charge is -2.00. The molecule has 0 amide bonds. The van der Waals surface area contributed by atoms with E-state index in [4.69, 9.17) is 5.11 Å².